The molecule has 1 heterocycles. The lowest BCUT2D eigenvalue weighted by Gasteiger charge is -2.26. The van der Waals surface area contributed by atoms with Crippen molar-refractivity contribution >= 4 is 17.4 Å². The molecular weight excluding hydrogens is 278 g/mol. The number of carbonyl (C=O) groups excluding carboxylic acids is 1. The Balaban J connectivity index is 2.12. The Kier molecular flexibility index (Phi) is 5.40. The topological polar surface area (TPSA) is 38.8 Å². The second-order valence-corrected chi connectivity index (χ2v) is 5.56. The van der Waals surface area contributed by atoms with E-state index in [0.29, 0.717) is 36.1 Å². The van der Waals surface area contributed by atoms with Gasteiger partial charge in [-0.25, -0.2) is 0 Å². The zero-order valence-electron chi connectivity index (χ0n) is 11.9. The number of rotatable bonds is 5. The van der Waals surface area contributed by atoms with Crippen molar-refractivity contribution in [2.24, 2.45) is 0 Å². The Bertz CT molecular complexity index is 470. The van der Waals surface area contributed by atoms with Gasteiger partial charge >= 0.3 is 0 Å². The third-order valence-corrected chi connectivity index (χ3v) is 3.31. The number of halogens is 1. The van der Waals surface area contributed by atoms with E-state index in [0.717, 1.165) is 13.1 Å². The molecule has 110 valence electrons. The number of hydrogen-bond acceptors (Lipinski definition) is 4. The molecule has 0 N–H and O–H groups in total. The van der Waals surface area contributed by atoms with E-state index in [-0.39, 0.29) is 11.9 Å². The average Bonchev–Trinajstić information content (AvgIpc) is 2.41. The number of benzene rings is 1. The molecule has 1 saturated heterocycles. The average molecular weight is 298 g/mol. The fraction of sp³-hybridized carbons (Fsp3) is 0.533. The predicted octanol–water partition coefficient (Wildman–Crippen LogP) is 2.64. The first-order valence-electron chi connectivity index (χ1n) is 6.86. The minimum atomic E-state index is 0.0195. The van der Waals surface area contributed by atoms with E-state index in [1.807, 2.05) is 13.8 Å². The van der Waals surface area contributed by atoms with Gasteiger partial charge in [-0.3, -0.25) is 9.69 Å². The first-order chi connectivity index (χ1) is 9.56. The summed E-state index contributed by atoms with van der Waals surface area (Å²) in [6.45, 7) is 7.17. The van der Waals surface area contributed by atoms with Crippen LogP contribution in [0.15, 0.2) is 18.2 Å². The van der Waals surface area contributed by atoms with Crippen LogP contribution in [0, 0.1) is 0 Å². The summed E-state index contributed by atoms with van der Waals surface area (Å²) in [5.74, 6) is 0.632. The molecule has 0 aromatic heterocycles. The highest BCUT2D eigenvalue weighted by Crippen LogP contribution is 2.24. The van der Waals surface area contributed by atoms with Crippen molar-refractivity contribution in [1.82, 2.24) is 4.90 Å². The lowest BCUT2D eigenvalue weighted by atomic mass is 10.1. The summed E-state index contributed by atoms with van der Waals surface area (Å²) in [6, 6.07) is 5.18. The van der Waals surface area contributed by atoms with Crippen LogP contribution in [0.4, 0.5) is 0 Å². The predicted molar refractivity (Wildman–Crippen MR) is 78.8 cm³/mol. The SMILES string of the molecule is CC(C)Oc1ccc(Cl)cc1C(=O)CN1CCOCC1. The Morgan fingerprint density at radius 3 is 2.75 bits per heavy atom. The van der Waals surface area contributed by atoms with E-state index in [2.05, 4.69) is 4.90 Å². The number of nitrogens with zero attached hydrogens (tertiary/aromatic N) is 1. The van der Waals surface area contributed by atoms with Gasteiger partial charge in [0.05, 0.1) is 31.4 Å². The van der Waals surface area contributed by atoms with Crippen LogP contribution in [-0.2, 0) is 4.74 Å². The van der Waals surface area contributed by atoms with Crippen molar-refractivity contribution in [1.29, 1.82) is 0 Å². The van der Waals surface area contributed by atoms with Crippen molar-refractivity contribution in [3.8, 4) is 5.75 Å². The molecular formula is C15H20ClNO3. The van der Waals surface area contributed by atoms with Crippen LogP contribution < -0.4 is 4.74 Å². The normalized spacial score (nSPS) is 16.4. The standard InChI is InChI=1S/C15H20ClNO3/c1-11(2)20-15-4-3-12(16)9-13(15)14(18)10-17-5-7-19-8-6-17/h3-4,9,11H,5-8,10H2,1-2H3. The molecule has 0 unspecified atom stereocenters. The van der Waals surface area contributed by atoms with Crippen molar-refractivity contribution < 1.29 is 14.3 Å². The lowest BCUT2D eigenvalue weighted by molar-refractivity contribution is 0.0370. The van der Waals surface area contributed by atoms with Gasteiger partial charge in [0.2, 0.25) is 0 Å². The molecule has 1 aromatic carbocycles. The molecule has 0 bridgehead atoms. The molecule has 0 aliphatic carbocycles. The maximum atomic E-state index is 12.4. The quantitative estimate of drug-likeness (QED) is 0.783. The van der Waals surface area contributed by atoms with Crippen molar-refractivity contribution in [2.75, 3.05) is 32.8 Å². The number of ether oxygens (including phenoxy) is 2. The Labute approximate surface area is 124 Å². The van der Waals surface area contributed by atoms with Crippen LogP contribution in [-0.4, -0.2) is 49.6 Å². The van der Waals surface area contributed by atoms with Crippen molar-refractivity contribution in [3.63, 3.8) is 0 Å². The fourth-order valence-corrected chi connectivity index (χ4v) is 2.30. The molecule has 0 saturated carbocycles. The summed E-state index contributed by atoms with van der Waals surface area (Å²) >= 11 is 6.00. The van der Waals surface area contributed by atoms with Gasteiger partial charge < -0.3 is 9.47 Å². The number of ketones is 1. The first-order valence-corrected chi connectivity index (χ1v) is 7.23. The van der Waals surface area contributed by atoms with Crippen LogP contribution in [0.2, 0.25) is 5.02 Å². The minimum Gasteiger partial charge on any atom is -0.490 e. The Morgan fingerprint density at radius 2 is 2.10 bits per heavy atom. The highest BCUT2D eigenvalue weighted by atomic mass is 35.5. The van der Waals surface area contributed by atoms with Crippen LogP contribution >= 0.6 is 11.6 Å². The van der Waals surface area contributed by atoms with E-state index in [9.17, 15) is 4.79 Å². The van der Waals surface area contributed by atoms with Crippen LogP contribution in [0.3, 0.4) is 0 Å². The summed E-state index contributed by atoms with van der Waals surface area (Å²) < 4.78 is 11.0. The Hall–Kier alpha value is -1.10. The minimum absolute atomic E-state index is 0.0195. The van der Waals surface area contributed by atoms with Gasteiger partial charge in [-0.1, -0.05) is 11.6 Å². The summed E-state index contributed by atoms with van der Waals surface area (Å²) in [7, 11) is 0. The van der Waals surface area contributed by atoms with Gasteiger partial charge in [0, 0.05) is 18.1 Å². The maximum absolute atomic E-state index is 12.4. The molecule has 4 nitrogen and oxygen atoms in total. The fourth-order valence-electron chi connectivity index (χ4n) is 2.12. The largest absolute Gasteiger partial charge is 0.490 e. The molecule has 2 rings (SSSR count). The first kappa shape index (κ1) is 15.3. The third kappa shape index (κ3) is 4.20. The van der Waals surface area contributed by atoms with Crippen LogP contribution in [0.5, 0.6) is 5.75 Å². The summed E-state index contributed by atoms with van der Waals surface area (Å²) in [6.07, 6.45) is 0.0195. The zero-order valence-corrected chi connectivity index (χ0v) is 12.7. The van der Waals surface area contributed by atoms with Gasteiger partial charge in [-0.15, -0.1) is 0 Å². The number of Topliss-reactive ketones (excluding diaryl/α,β-unsaturated/α-hetero) is 1. The number of hydrogen-bond donors (Lipinski definition) is 0. The molecule has 1 aliphatic rings. The van der Waals surface area contributed by atoms with Gasteiger partial charge in [-0.2, -0.15) is 0 Å². The van der Waals surface area contributed by atoms with Crippen LogP contribution in [0.1, 0.15) is 24.2 Å². The van der Waals surface area contributed by atoms with Gasteiger partial charge in [0.1, 0.15) is 5.75 Å². The number of carbonyl (C=O) groups is 1. The second kappa shape index (κ2) is 7.07. The molecule has 1 aromatic rings. The highest BCUT2D eigenvalue weighted by Gasteiger charge is 2.19. The zero-order chi connectivity index (χ0) is 14.5. The molecule has 1 aliphatic heterocycles. The van der Waals surface area contributed by atoms with Crippen molar-refractivity contribution in [2.45, 2.75) is 20.0 Å². The monoisotopic (exact) mass is 297 g/mol. The summed E-state index contributed by atoms with van der Waals surface area (Å²) in [4.78, 5) is 14.5. The Morgan fingerprint density at radius 1 is 1.40 bits per heavy atom. The molecule has 0 amide bonds. The van der Waals surface area contributed by atoms with E-state index in [4.69, 9.17) is 21.1 Å². The maximum Gasteiger partial charge on any atom is 0.180 e. The molecule has 20 heavy (non-hydrogen) atoms. The third-order valence-electron chi connectivity index (χ3n) is 3.08. The highest BCUT2D eigenvalue weighted by molar-refractivity contribution is 6.31. The van der Waals surface area contributed by atoms with Gasteiger partial charge in [0.25, 0.3) is 0 Å². The molecule has 1 fully saturated rings. The molecule has 0 atom stereocenters. The van der Waals surface area contributed by atoms with Gasteiger partial charge in [0.15, 0.2) is 5.78 Å². The molecule has 5 heteroatoms. The lowest BCUT2D eigenvalue weighted by Crippen LogP contribution is -2.39. The van der Waals surface area contributed by atoms with E-state index in [1.54, 1.807) is 18.2 Å². The van der Waals surface area contributed by atoms with E-state index >= 15 is 0 Å². The summed E-state index contributed by atoms with van der Waals surface area (Å²) in [5, 5.41) is 0.548. The molecule has 0 spiro atoms. The van der Waals surface area contributed by atoms with Gasteiger partial charge in [-0.05, 0) is 32.0 Å². The molecule has 0 radical (unpaired) electrons. The van der Waals surface area contributed by atoms with Crippen LogP contribution in [0.25, 0.3) is 0 Å². The number of morpholine rings is 1. The van der Waals surface area contributed by atoms with E-state index in [1.165, 1.54) is 0 Å². The van der Waals surface area contributed by atoms with Crippen molar-refractivity contribution in [3.05, 3.63) is 28.8 Å². The smallest absolute Gasteiger partial charge is 0.180 e. The van der Waals surface area contributed by atoms with E-state index < -0.39 is 0 Å². The second-order valence-electron chi connectivity index (χ2n) is 5.12. The summed E-state index contributed by atoms with van der Waals surface area (Å²) in [5.41, 5.74) is 0.553.